The van der Waals surface area contributed by atoms with E-state index in [4.69, 9.17) is 18.9 Å². The quantitative estimate of drug-likeness (QED) is 0.364. The Bertz CT molecular complexity index is 1300. The second-order valence-electron chi connectivity index (χ2n) is 14.4. The van der Waals surface area contributed by atoms with Crippen molar-refractivity contribution >= 4 is 0 Å². The average molecular weight is 529 g/mol. The van der Waals surface area contributed by atoms with E-state index in [-0.39, 0.29) is 22.5 Å². The van der Waals surface area contributed by atoms with Crippen molar-refractivity contribution in [2.24, 2.45) is 28.6 Å². The van der Waals surface area contributed by atoms with Gasteiger partial charge in [0, 0.05) is 24.0 Å². The van der Waals surface area contributed by atoms with Crippen LogP contribution in [0.15, 0.2) is 36.4 Å². The number of fused-ring (bicyclic) bond motifs is 2. The normalized spacial score (nSPS) is 40.8. The summed E-state index contributed by atoms with van der Waals surface area (Å²) in [5.74, 6) is 3.88. The van der Waals surface area contributed by atoms with Crippen molar-refractivity contribution in [2.75, 3.05) is 20.8 Å². The number of aryl methyl sites for hydroxylation is 1. The molecule has 0 saturated heterocycles. The summed E-state index contributed by atoms with van der Waals surface area (Å²) >= 11 is 0. The molecule has 1 heterocycles. The molecule has 0 amide bonds. The Kier molecular flexibility index (Phi) is 5.24. The zero-order valence-electron chi connectivity index (χ0n) is 24.2. The van der Waals surface area contributed by atoms with Gasteiger partial charge in [-0.1, -0.05) is 55.7 Å². The number of hydrogen-bond acceptors (Lipinski definition) is 4. The second-order valence-corrected chi connectivity index (χ2v) is 14.4. The molecule has 1 unspecified atom stereocenters. The molecular formula is C35H44O4. The van der Waals surface area contributed by atoms with E-state index in [1.54, 1.807) is 7.11 Å². The lowest BCUT2D eigenvalue weighted by molar-refractivity contribution is -0.294. The van der Waals surface area contributed by atoms with Crippen LogP contribution < -0.4 is 9.47 Å². The molecule has 1 aliphatic heterocycles. The Morgan fingerprint density at radius 3 is 2.54 bits per heavy atom. The van der Waals surface area contributed by atoms with Crippen molar-refractivity contribution in [1.29, 1.82) is 0 Å². The van der Waals surface area contributed by atoms with E-state index >= 15 is 0 Å². The lowest BCUT2D eigenvalue weighted by Crippen LogP contribution is -2.79. The first-order valence-corrected chi connectivity index (χ1v) is 15.4. The molecule has 208 valence electrons. The molecular weight excluding hydrogens is 484 g/mol. The van der Waals surface area contributed by atoms with Crippen LogP contribution in [0.25, 0.3) is 0 Å². The molecule has 7 atom stereocenters. The van der Waals surface area contributed by atoms with Gasteiger partial charge >= 0.3 is 0 Å². The molecule has 5 fully saturated rings. The highest BCUT2D eigenvalue weighted by atomic mass is 16.6. The molecule has 0 N–H and O–H groups in total. The Hall–Kier alpha value is -2.04. The highest BCUT2D eigenvalue weighted by Gasteiger charge is 2.81. The SMILES string of the molecule is COc1ccc2c3c1O[C@H]1[C@@]4(OC)CC[C@@]5(C[C@@H]4COCc4ccc(C)cc4)[C@@H](C2)C(C)(CC2CC2)CC[C@]315. The molecule has 4 nitrogen and oxygen atoms in total. The van der Waals surface area contributed by atoms with Gasteiger partial charge in [-0.15, -0.1) is 0 Å². The lowest BCUT2D eigenvalue weighted by Gasteiger charge is -2.75. The van der Waals surface area contributed by atoms with Crippen molar-refractivity contribution < 1.29 is 18.9 Å². The molecule has 2 aromatic carbocycles. The Labute approximate surface area is 233 Å². The smallest absolute Gasteiger partial charge is 0.165 e. The number of rotatable bonds is 8. The minimum atomic E-state index is -0.331. The molecule has 5 saturated carbocycles. The third kappa shape index (κ3) is 3.08. The van der Waals surface area contributed by atoms with Gasteiger partial charge in [-0.25, -0.2) is 0 Å². The molecule has 4 bridgehead atoms. The summed E-state index contributed by atoms with van der Waals surface area (Å²) in [6.07, 6.45) is 11.5. The van der Waals surface area contributed by atoms with E-state index in [2.05, 4.69) is 50.2 Å². The van der Waals surface area contributed by atoms with Crippen molar-refractivity contribution in [3.8, 4) is 11.5 Å². The zero-order chi connectivity index (χ0) is 26.6. The predicted molar refractivity (Wildman–Crippen MR) is 151 cm³/mol. The van der Waals surface area contributed by atoms with Crippen LogP contribution in [0.3, 0.4) is 0 Å². The van der Waals surface area contributed by atoms with Gasteiger partial charge in [-0.2, -0.15) is 0 Å². The van der Waals surface area contributed by atoms with Gasteiger partial charge in [-0.3, -0.25) is 0 Å². The van der Waals surface area contributed by atoms with Gasteiger partial charge in [0.15, 0.2) is 11.5 Å². The summed E-state index contributed by atoms with van der Waals surface area (Å²) in [6, 6.07) is 13.3. The van der Waals surface area contributed by atoms with E-state index in [0.29, 0.717) is 23.9 Å². The summed E-state index contributed by atoms with van der Waals surface area (Å²) in [5, 5.41) is 0. The van der Waals surface area contributed by atoms with Crippen LogP contribution in [0.2, 0.25) is 0 Å². The van der Waals surface area contributed by atoms with E-state index < -0.39 is 0 Å². The Morgan fingerprint density at radius 1 is 0.974 bits per heavy atom. The molecule has 7 aliphatic rings. The lowest BCUT2D eigenvalue weighted by atomic mass is 9.29. The molecule has 4 heteroatoms. The highest BCUT2D eigenvalue weighted by Crippen LogP contribution is 2.81. The largest absolute Gasteiger partial charge is 0.493 e. The highest BCUT2D eigenvalue weighted by molar-refractivity contribution is 5.63. The maximum Gasteiger partial charge on any atom is 0.165 e. The third-order valence-electron chi connectivity index (χ3n) is 12.7. The summed E-state index contributed by atoms with van der Waals surface area (Å²) in [5.41, 5.74) is 5.89. The molecule has 9 rings (SSSR count). The first-order chi connectivity index (χ1) is 18.9. The number of hydrogen-bond donors (Lipinski definition) is 0. The van der Waals surface area contributed by atoms with E-state index in [9.17, 15) is 0 Å². The minimum absolute atomic E-state index is 0.0277. The van der Waals surface area contributed by atoms with E-state index in [0.717, 1.165) is 30.4 Å². The van der Waals surface area contributed by atoms with Crippen LogP contribution in [-0.2, 0) is 27.9 Å². The summed E-state index contributed by atoms with van der Waals surface area (Å²) in [6.45, 7) is 6.18. The second kappa shape index (κ2) is 8.26. The van der Waals surface area contributed by atoms with E-state index in [1.807, 2.05) is 7.11 Å². The van der Waals surface area contributed by atoms with Crippen LogP contribution >= 0.6 is 0 Å². The van der Waals surface area contributed by atoms with Crippen molar-refractivity contribution in [1.82, 2.24) is 0 Å². The summed E-state index contributed by atoms with van der Waals surface area (Å²) < 4.78 is 26.3. The van der Waals surface area contributed by atoms with Gasteiger partial charge in [-0.05, 0) is 91.7 Å². The number of ether oxygens (including phenoxy) is 4. The molecule has 39 heavy (non-hydrogen) atoms. The van der Waals surface area contributed by atoms with Crippen LogP contribution in [-0.4, -0.2) is 32.5 Å². The van der Waals surface area contributed by atoms with Gasteiger partial charge in [0.2, 0.25) is 0 Å². The molecule has 0 radical (unpaired) electrons. The third-order valence-corrected chi connectivity index (χ3v) is 12.7. The van der Waals surface area contributed by atoms with E-state index in [1.165, 1.54) is 73.6 Å². The van der Waals surface area contributed by atoms with Crippen LogP contribution in [0.1, 0.15) is 80.5 Å². The molecule has 2 spiro atoms. The maximum atomic E-state index is 7.19. The fraction of sp³-hybridized carbons (Fsp3) is 0.657. The Morgan fingerprint density at radius 2 is 1.79 bits per heavy atom. The zero-order valence-corrected chi connectivity index (χ0v) is 24.2. The van der Waals surface area contributed by atoms with Gasteiger partial charge < -0.3 is 18.9 Å². The van der Waals surface area contributed by atoms with Gasteiger partial charge in [0.05, 0.1) is 20.3 Å². The fourth-order valence-corrected chi connectivity index (χ4v) is 10.9. The summed E-state index contributed by atoms with van der Waals surface area (Å²) in [7, 11) is 3.73. The molecule has 2 aromatic rings. The van der Waals surface area contributed by atoms with Gasteiger partial charge in [0.25, 0.3) is 0 Å². The standard InChI is InChI=1S/C35H44O4/c1-22-5-7-24(8-6-22)20-38-21-26-19-33-14-16-35(26,37-4)31-34(33)15-13-32(2,18-23-9-10-23)28(33)17-25-11-12-27(36-3)30(39-31)29(25)34/h5-8,11-12,23,26,28,31H,9-10,13-21H2,1-4H3/t26-,28+,31-,32?,33-,34+,35-/m1/s1. The topological polar surface area (TPSA) is 36.9 Å². The number of methoxy groups -OCH3 is 2. The first kappa shape index (κ1) is 24.7. The Balaban J connectivity index is 1.22. The van der Waals surface area contributed by atoms with Crippen molar-refractivity contribution in [2.45, 2.75) is 95.4 Å². The fourth-order valence-electron chi connectivity index (χ4n) is 10.9. The average Bonchev–Trinajstić information content (AvgIpc) is 3.68. The molecule has 0 aromatic heterocycles. The molecule has 6 aliphatic carbocycles. The minimum Gasteiger partial charge on any atom is -0.493 e. The predicted octanol–water partition coefficient (Wildman–Crippen LogP) is 7.18. The maximum absolute atomic E-state index is 7.19. The van der Waals surface area contributed by atoms with Crippen molar-refractivity contribution in [3.63, 3.8) is 0 Å². The van der Waals surface area contributed by atoms with Crippen LogP contribution in [0, 0.1) is 35.5 Å². The van der Waals surface area contributed by atoms with Gasteiger partial charge in [0.1, 0.15) is 11.7 Å². The number of benzene rings is 2. The first-order valence-electron chi connectivity index (χ1n) is 15.4. The van der Waals surface area contributed by atoms with Crippen LogP contribution in [0.4, 0.5) is 0 Å². The van der Waals surface area contributed by atoms with Crippen molar-refractivity contribution in [3.05, 3.63) is 58.7 Å². The summed E-state index contributed by atoms with van der Waals surface area (Å²) in [4.78, 5) is 0. The van der Waals surface area contributed by atoms with Crippen LogP contribution in [0.5, 0.6) is 11.5 Å². The monoisotopic (exact) mass is 528 g/mol.